The summed E-state index contributed by atoms with van der Waals surface area (Å²) in [7, 11) is -4.60. The van der Waals surface area contributed by atoms with Gasteiger partial charge in [-0.25, -0.2) is 4.57 Å². The van der Waals surface area contributed by atoms with Crippen molar-refractivity contribution >= 4 is 19.8 Å². The number of aliphatic hydroxyl groups excluding tert-OH is 3. The Morgan fingerprint density at radius 1 is 0.409 bits per heavy atom. The van der Waals surface area contributed by atoms with Crippen molar-refractivity contribution in [2.45, 2.75) is 303 Å². The average molecular weight is 965 g/mol. The zero-order valence-corrected chi connectivity index (χ0v) is 44.4. The van der Waals surface area contributed by atoms with Gasteiger partial charge in [-0.3, -0.25) is 18.6 Å². The van der Waals surface area contributed by atoms with Gasteiger partial charge in [0, 0.05) is 19.4 Å². The fraction of sp³-hybridized carbons (Fsp3) is 0.963. The van der Waals surface area contributed by atoms with E-state index < -0.39 is 51.8 Å². The fourth-order valence-corrected chi connectivity index (χ4v) is 8.74. The number of aliphatic hydroxyl groups is 3. The monoisotopic (exact) mass is 965 g/mol. The Hall–Kier alpha value is -1.07. The number of unbranched alkanes of at least 4 members (excludes halogenated alkanes) is 37. The maximum atomic E-state index is 12.5. The fourth-order valence-electron chi connectivity index (χ4n) is 7.95. The molecule has 0 heterocycles. The van der Waals surface area contributed by atoms with Crippen LogP contribution in [0.15, 0.2) is 0 Å². The first-order valence-corrected chi connectivity index (χ1v) is 29.5. The lowest BCUT2D eigenvalue weighted by Crippen LogP contribution is -2.29. The summed E-state index contributed by atoms with van der Waals surface area (Å²) in [6.45, 7) is 5.04. The molecule has 0 aliphatic carbocycles. The second-order valence-electron chi connectivity index (χ2n) is 19.0. The molecule has 4 N–H and O–H groups in total. The van der Waals surface area contributed by atoms with Gasteiger partial charge in [0.05, 0.1) is 19.8 Å². The SMILES string of the molecule is CCCCCCCCCCCCCCCC(=O)OCC(COP(=O)(O)OC[C@@H](O)CO)OC(=O)CCCCCCCCCCCCCCC.CCCCCCCCCCCCCCCCO. The van der Waals surface area contributed by atoms with Crippen molar-refractivity contribution in [3.63, 3.8) is 0 Å². The molecule has 0 spiro atoms. The van der Waals surface area contributed by atoms with Gasteiger partial charge in [0.1, 0.15) is 12.7 Å². The zero-order chi connectivity index (χ0) is 48.9. The molecular formula is C54H109O11P. The normalized spacial score (nSPS) is 13.2. The van der Waals surface area contributed by atoms with Crippen LogP contribution in [-0.2, 0) is 32.7 Å². The van der Waals surface area contributed by atoms with Gasteiger partial charge in [-0.2, -0.15) is 0 Å². The Morgan fingerprint density at radius 2 is 0.697 bits per heavy atom. The number of rotatable bonds is 52. The lowest BCUT2D eigenvalue weighted by molar-refractivity contribution is -0.161. The van der Waals surface area contributed by atoms with Crippen molar-refractivity contribution < 1.29 is 52.9 Å². The van der Waals surface area contributed by atoms with Gasteiger partial charge in [0.15, 0.2) is 6.10 Å². The predicted molar refractivity (Wildman–Crippen MR) is 274 cm³/mol. The van der Waals surface area contributed by atoms with Crippen LogP contribution in [0.3, 0.4) is 0 Å². The van der Waals surface area contributed by atoms with Crippen LogP contribution in [0.1, 0.15) is 290 Å². The Balaban J connectivity index is 0. The van der Waals surface area contributed by atoms with E-state index in [4.69, 9.17) is 24.2 Å². The first kappa shape index (κ1) is 67.0. The number of carbonyl (C=O) groups is 2. The van der Waals surface area contributed by atoms with Crippen LogP contribution in [0.25, 0.3) is 0 Å². The number of ether oxygens (including phenoxy) is 2. The second kappa shape index (κ2) is 54.9. The maximum Gasteiger partial charge on any atom is 0.472 e. The Labute approximate surface area is 407 Å². The summed E-state index contributed by atoms with van der Waals surface area (Å²) in [5.41, 5.74) is 0. The van der Waals surface area contributed by atoms with Gasteiger partial charge in [0.25, 0.3) is 0 Å². The summed E-state index contributed by atoms with van der Waals surface area (Å²) in [6.07, 6.45) is 48.4. The topological polar surface area (TPSA) is 169 Å². The minimum atomic E-state index is -4.60. The largest absolute Gasteiger partial charge is 0.472 e. The highest BCUT2D eigenvalue weighted by molar-refractivity contribution is 7.47. The predicted octanol–water partition coefficient (Wildman–Crippen LogP) is 15.4. The molecule has 12 heteroatoms. The van der Waals surface area contributed by atoms with Crippen molar-refractivity contribution in [3.8, 4) is 0 Å². The molecule has 0 aromatic carbocycles. The third-order valence-electron chi connectivity index (χ3n) is 12.3. The molecule has 0 amide bonds. The molecule has 66 heavy (non-hydrogen) atoms. The van der Waals surface area contributed by atoms with Gasteiger partial charge < -0.3 is 29.7 Å². The molecule has 0 aromatic rings. The number of phosphoric acid groups is 1. The summed E-state index contributed by atoms with van der Waals surface area (Å²) in [4.78, 5) is 34.8. The van der Waals surface area contributed by atoms with Crippen molar-refractivity contribution in [2.75, 3.05) is 33.0 Å². The van der Waals surface area contributed by atoms with Gasteiger partial charge in [-0.1, -0.05) is 258 Å². The lowest BCUT2D eigenvalue weighted by Gasteiger charge is -2.20. The van der Waals surface area contributed by atoms with E-state index in [1.807, 2.05) is 0 Å². The van der Waals surface area contributed by atoms with E-state index in [0.717, 1.165) is 44.9 Å². The number of carbonyl (C=O) groups excluding carboxylic acids is 2. The number of hydrogen-bond acceptors (Lipinski definition) is 10. The molecule has 0 rings (SSSR count). The second-order valence-corrected chi connectivity index (χ2v) is 20.4. The Bertz CT molecular complexity index is 1020. The standard InChI is InChI=1S/C38H75O10P.C16H34O/c1-3-5-7-9-11-13-15-17-19-21-23-25-27-29-37(41)45-33-36(34-47-49(43,44)46-32-35(40)31-39)48-38(42)30-28-26-24-22-20-18-16-14-12-10-8-6-4-2;1-2-3-4-5-6-7-8-9-10-11-12-13-14-15-16-17/h35-36,39-40H,3-34H2,1-2H3,(H,43,44);17H,2-16H2,1H3/t35-,36?;/m0./s1. The van der Waals surface area contributed by atoms with E-state index in [2.05, 4.69) is 25.3 Å². The molecule has 0 aliphatic rings. The summed E-state index contributed by atoms with van der Waals surface area (Å²) < 4.78 is 32.6. The van der Waals surface area contributed by atoms with E-state index in [0.29, 0.717) is 19.4 Å². The average Bonchev–Trinajstić information content (AvgIpc) is 3.31. The van der Waals surface area contributed by atoms with Gasteiger partial charge in [-0.05, 0) is 19.3 Å². The van der Waals surface area contributed by atoms with Crippen LogP contribution in [0.4, 0.5) is 0 Å². The molecular weight excluding hydrogens is 856 g/mol. The summed E-state index contributed by atoms with van der Waals surface area (Å²) in [6, 6.07) is 0. The van der Waals surface area contributed by atoms with Crippen molar-refractivity contribution in [2.24, 2.45) is 0 Å². The highest BCUT2D eigenvalue weighted by Gasteiger charge is 2.27. The Kier molecular flexibility index (Phi) is 55.7. The lowest BCUT2D eigenvalue weighted by atomic mass is 10.0. The first-order chi connectivity index (χ1) is 32.1. The minimum Gasteiger partial charge on any atom is -0.462 e. The first-order valence-electron chi connectivity index (χ1n) is 28.0. The highest BCUT2D eigenvalue weighted by Crippen LogP contribution is 2.43. The molecule has 0 saturated heterocycles. The van der Waals surface area contributed by atoms with Crippen LogP contribution < -0.4 is 0 Å². The van der Waals surface area contributed by atoms with Crippen molar-refractivity contribution in [3.05, 3.63) is 0 Å². The Morgan fingerprint density at radius 3 is 1.02 bits per heavy atom. The van der Waals surface area contributed by atoms with E-state index in [9.17, 15) is 24.2 Å². The molecule has 0 radical (unpaired) electrons. The minimum absolute atomic E-state index is 0.192. The summed E-state index contributed by atoms with van der Waals surface area (Å²) >= 11 is 0. The molecule has 396 valence electrons. The highest BCUT2D eigenvalue weighted by atomic mass is 31.2. The molecule has 3 atom stereocenters. The van der Waals surface area contributed by atoms with E-state index in [1.54, 1.807) is 0 Å². The van der Waals surface area contributed by atoms with E-state index in [1.165, 1.54) is 199 Å². The summed E-state index contributed by atoms with van der Waals surface area (Å²) in [5, 5.41) is 26.9. The molecule has 0 aromatic heterocycles. The van der Waals surface area contributed by atoms with Crippen molar-refractivity contribution in [1.82, 2.24) is 0 Å². The number of hydrogen-bond donors (Lipinski definition) is 4. The van der Waals surface area contributed by atoms with E-state index >= 15 is 0 Å². The third kappa shape index (κ3) is 55.5. The smallest absolute Gasteiger partial charge is 0.462 e. The third-order valence-corrected chi connectivity index (χ3v) is 13.2. The van der Waals surface area contributed by atoms with Crippen LogP contribution in [0.2, 0.25) is 0 Å². The molecule has 0 aliphatic heterocycles. The van der Waals surface area contributed by atoms with Gasteiger partial charge >= 0.3 is 19.8 Å². The molecule has 0 bridgehead atoms. The van der Waals surface area contributed by atoms with Crippen LogP contribution in [0, 0.1) is 0 Å². The zero-order valence-electron chi connectivity index (χ0n) is 43.5. The molecule has 2 unspecified atom stereocenters. The van der Waals surface area contributed by atoms with Crippen LogP contribution >= 0.6 is 7.82 Å². The maximum absolute atomic E-state index is 12.5. The molecule has 11 nitrogen and oxygen atoms in total. The van der Waals surface area contributed by atoms with Gasteiger partial charge in [-0.15, -0.1) is 0 Å². The van der Waals surface area contributed by atoms with Crippen LogP contribution in [-0.4, -0.2) is 77.4 Å². The molecule has 0 saturated carbocycles. The number of esters is 2. The summed E-state index contributed by atoms with van der Waals surface area (Å²) in [5.74, 6) is -0.913. The quantitative estimate of drug-likeness (QED) is 0.0260. The van der Waals surface area contributed by atoms with Crippen molar-refractivity contribution in [1.29, 1.82) is 0 Å². The van der Waals surface area contributed by atoms with Crippen LogP contribution in [0.5, 0.6) is 0 Å². The van der Waals surface area contributed by atoms with E-state index in [-0.39, 0.29) is 19.4 Å². The molecule has 0 fully saturated rings. The number of phosphoric ester groups is 1. The van der Waals surface area contributed by atoms with Gasteiger partial charge in [0.2, 0.25) is 0 Å².